The highest BCUT2D eigenvalue weighted by molar-refractivity contribution is 5.96. The van der Waals surface area contributed by atoms with Crippen LogP contribution in [0.5, 0.6) is 0 Å². The Labute approximate surface area is 228 Å². The maximum atomic E-state index is 14.7. The second-order valence-electron chi connectivity index (χ2n) is 11.4. The molecular formula is C28H37FN8O2. The number of piperidine rings is 1. The topological polar surface area (TPSA) is 111 Å². The van der Waals surface area contributed by atoms with Crippen LogP contribution in [0.2, 0.25) is 0 Å². The summed E-state index contributed by atoms with van der Waals surface area (Å²) in [6.45, 7) is 7.77. The number of alkyl halides is 1. The second-order valence-corrected chi connectivity index (χ2v) is 11.4. The number of aliphatic hydroxyl groups excluding tert-OH is 1. The van der Waals surface area contributed by atoms with Gasteiger partial charge in [-0.15, -0.1) is 0 Å². The van der Waals surface area contributed by atoms with Crippen LogP contribution in [0.1, 0.15) is 45.1 Å². The summed E-state index contributed by atoms with van der Waals surface area (Å²) in [6, 6.07) is 3.76. The molecule has 3 aromatic rings. The number of rotatable bonds is 7. The number of carbonyl (C=O) groups is 1. The highest BCUT2D eigenvalue weighted by atomic mass is 19.1. The first kappa shape index (κ1) is 27.0. The lowest BCUT2D eigenvalue weighted by Gasteiger charge is -2.40. The molecule has 0 saturated carbocycles. The zero-order valence-electron chi connectivity index (χ0n) is 23.2. The zero-order valence-corrected chi connectivity index (χ0v) is 23.2. The van der Waals surface area contributed by atoms with Crippen molar-refractivity contribution in [3.63, 3.8) is 0 Å². The van der Waals surface area contributed by atoms with Gasteiger partial charge in [-0.1, -0.05) is 13.8 Å². The predicted molar refractivity (Wildman–Crippen MR) is 150 cm³/mol. The first-order chi connectivity index (χ1) is 18.5. The number of aliphatic hydroxyl groups is 1. The SMILES string of the molecule is CC(C)c1cnc(N2CC(CC(=O)N(C)C)C2)c2cnc(Nc3ccnc(N4CC[C@@H](O)[C@@](C)(F)C4)n3)cc12. The molecule has 2 atom stereocenters. The number of nitrogens with one attached hydrogen (secondary N) is 1. The zero-order chi connectivity index (χ0) is 27.9. The lowest BCUT2D eigenvalue weighted by Crippen LogP contribution is -2.52. The van der Waals surface area contributed by atoms with Crippen molar-refractivity contribution in [3.8, 4) is 0 Å². The van der Waals surface area contributed by atoms with Gasteiger partial charge in [0.2, 0.25) is 11.9 Å². The Morgan fingerprint density at radius 1 is 1.18 bits per heavy atom. The quantitative estimate of drug-likeness (QED) is 0.469. The van der Waals surface area contributed by atoms with E-state index in [9.17, 15) is 14.3 Å². The van der Waals surface area contributed by atoms with Crippen molar-refractivity contribution >= 4 is 40.1 Å². The molecule has 0 bridgehead atoms. The molecule has 0 aliphatic carbocycles. The maximum absolute atomic E-state index is 14.7. The highest BCUT2D eigenvalue weighted by Crippen LogP contribution is 2.36. The van der Waals surface area contributed by atoms with Gasteiger partial charge in [0.05, 0.1) is 12.6 Å². The van der Waals surface area contributed by atoms with Gasteiger partial charge in [-0.05, 0) is 42.3 Å². The van der Waals surface area contributed by atoms with Gasteiger partial charge in [-0.2, -0.15) is 4.98 Å². The Morgan fingerprint density at radius 2 is 1.95 bits per heavy atom. The molecule has 0 spiro atoms. The largest absolute Gasteiger partial charge is 0.390 e. The van der Waals surface area contributed by atoms with Crippen molar-refractivity contribution in [3.05, 3.63) is 36.3 Å². The van der Waals surface area contributed by atoms with Crippen molar-refractivity contribution in [2.75, 3.05) is 55.4 Å². The standard InChI is InChI=1S/C28H37FN8O2/c1-17(2)20-12-32-26(37-14-18(15-37)10-25(39)35(4)5)21-13-31-24(11-19(20)21)33-23-6-8-30-27(34-23)36-9-7-22(38)28(3,29)16-36/h6,8,11-13,17-18,22,38H,7,9-10,14-16H2,1-5H3,(H,30,31,33,34)/t22-,28+/m1/s1. The van der Waals surface area contributed by atoms with E-state index in [1.165, 1.54) is 6.92 Å². The number of anilines is 4. The van der Waals surface area contributed by atoms with Crippen LogP contribution in [0.15, 0.2) is 30.7 Å². The fraction of sp³-hybridized carbons (Fsp3) is 0.536. The molecule has 0 aromatic carbocycles. The molecule has 2 aliphatic rings. The fourth-order valence-electron chi connectivity index (χ4n) is 5.23. The summed E-state index contributed by atoms with van der Waals surface area (Å²) < 4.78 is 14.7. The Kier molecular flexibility index (Phi) is 7.28. The van der Waals surface area contributed by atoms with E-state index in [0.717, 1.165) is 35.2 Å². The van der Waals surface area contributed by atoms with Crippen LogP contribution in [-0.4, -0.2) is 87.9 Å². The molecule has 11 heteroatoms. The first-order valence-electron chi connectivity index (χ1n) is 13.5. The molecule has 5 rings (SSSR count). The van der Waals surface area contributed by atoms with E-state index < -0.39 is 11.8 Å². The third-order valence-electron chi connectivity index (χ3n) is 7.67. The summed E-state index contributed by atoms with van der Waals surface area (Å²) in [7, 11) is 3.58. The third-order valence-corrected chi connectivity index (χ3v) is 7.67. The van der Waals surface area contributed by atoms with Crippen molar-refractivity contribution < 1.29 is 14.3 Å². The molecule has 1 amide bonds. The van der Waals surface area contributed by atoms with E-state index in [0.29, 0.717) is 42.9 Å². The minimum absolute atomic E-state index is 0.0278. The first-order valence-corrected chi connectivity index (χ1v) is 13.5. The van der Waals surface area contributed by atoms with E-state index in [1.54, 1.807) is 36.2 Å². The van der Waals surface area contributed by atoms with Crippen LogP contribution in [0.25, 0.3) is 10.8 Å². The van der Waals surface area contributed by atoms with Crippen LogP contribution < -0.4 is 15.1 Å². The number of hydrogen-bond acceptors (Lipinski definition) is 9. The molecule has 3 aromatic heterocycles. The minimum atomic E-state index is -1.72. The monoisotopic (exact) mass is 536 g/mol. The van der Waals surface area contributed by atoms with Crippen LogP contribution in [0, 0.1) is 5.92 Å². The molecule has 2 fully saturated rings. The molecular weight excluding hydrogens is 499 g/mol. The molecule has 2 aliphatic heterocycles. The number of pyridine rings is 2. The van der Waals surface area contributed by atoms with Crippen molar-refractivity contribution in [1.29, 1.82) is 0 Å². The van der Waals surface area contributed by atoms with Gasteiger partial charge >= 0.3 is 0 Å². The lowest BCUT2D eigenvalue weighted by atomic mass is 9.94. The van der Waals surface area contributed by atoms with Gasteiger partial charge in [-0.3, -0.25) is 4.79 Å². The summed E-state index contributed by atoms with van der Waals surface area (Å²) in [6.07, 6.45) is 5.28. The van der Waals surface area contributed by atoms with Crippen LogP contribution in [0.3, 0.4) is 0 Å². The van der Waals surface area contributed by atoms with Gasteiger partial charge in [0.25, 0.3) is 0 Å². The van der Waals surface area contributed by atoms with Gasteiger partial charge < -0.3 is 25.1 Å². The fourth-order valence-corrected chi connectivity index (χ4v) is 5.23. The number of carbonyl (C=O) groups excluding carboxylic acids is 1. The minimum Gasteiger partial charge on any atom is -0.390 e. The van der Waals surface area contributed by atoms with E-state index in [-0.39, 0.29) is 18.4 Å². The van der Waals surface area contributed by atoms with Gasteiger partial charge in [0.1, 0.15) is 17.5 Å². The van der Waals surface area contributed by atoms with Crippen LogP contribution >= 0.6 is 0 Å². The van der Waals surface area contributed by atoms with Crippen molar-refractivity contribution in [1.82, 2.24) is 24.8 Å². The molecule has 208 valence electrons. The molecule has 39 heavy (non-hydrogen) atoms. The number of halogens is 1. The molecule has 0 unspecified atom stereocenters. The number of hydrogen-bond donors (Lipinski definition) is 2. The summed E-state index contributed by atoms with van der Waals surface area (Å²) in [4.78, 5) is 36.1. The van der Waals surface area contributed by atoms with Crippen LogP contribution in [0.4, 0.5) is 27.8 Å². The number of fused-ring (bicyclic) bond motifs is 1. The number of nitrogens with zero attached hydrogens (tertiary/aromatic N) is 7. The lowest BCUT2D eigenvalue weighted by molar-refractivity contribution is -0.129. The molecule has 10 nitrogen and oxygen atoms in total. The highest BCUT2D eigenvalue weighted by Gasteiger charge is 2.39. The van der Waals surface area contributed by atoms with Crippen molar-refractivity contribution in [2.24, 2.45) is 5.92 Å². The molecule has 2 N–H and O–H groups in total. The van der Waals surface area contributed by atoms with Crippen LogP contribution in [-0.2, 0) is 4.79 Å². The molecule has 2 saturated heterocycles. The van der Waals surface area contributed by atoms with E-state index in [4.69, 9.17) is 4.98 Å². The predicted octanol–water partition coefficient (Wildman–Crippen LogP) is 3.50. The average molecular weight is 537 g/mol. The summed E-state index contributed by atoms with van der Waals surface area (Å²) in [5.41, 5.74) is -0.598. The van der Waals surface area contributed by atoms with Gasteiger partial charge in [-0.25, -0.2) is 19.3 Å². The Hall–Kier alpha value is -3.60. The summed E-state index contributed by atoms with van der Waals surface area (Å²) >= 11 is 0. The van der Waals surface area contributed by atoms with E-state index in [1.807, 2.05) is 18.5 Å². The van der Waals surface area contributed by atoms with E-state index >= 15 is 0 Å². The third kappa shape index (κ3) is 5.59. The summed E-state index contributed by atoms with van der Waals surface area (Å²) in [5.74, 6) is 3.21. The Bertz CT molecular complexity index is 1360. The molecule has 0 radical (unpaired) electrons. The Balaban J connectivity index is 1.37. The summed E-state index contributed by atoms with van der Waals surface area (Å²) in [5, 5.41) is 15.3. The van der Waals surface area contributed by atoms with Gasteiger partial charge in [0, 0.05) is 70.0 Å². The smallest absolute Gasteiger partial charge is 0.227 e. The van der Waals surface area contributed by atoms with Gasteiger partial charge in [0.15, 0.2) is 5.67 Å². The van der Waals surface area contributed by atoms with E-state index in [2.05, 4.69) is 39.0 Å². The van der Waals surface area contributed by atoms with Crippen molar-refractivity contribution in [2.45, 2.75) is 51.3 Å². The molecule has 5 heterocycles. The average Bonchev–Trinajstić information content (AvgIpc) is 2.86. The normalized spacial score (nSPS) is 21.8. The maximum Gasteiger partial charge on any atom is 0.227 e. The Morgan fingerprint density at radius 3 is 2.64 bits per heavy atom. The number of amides is 1. The second kappa shape index (κ2) is 10.5. The number of aromatic nitrogens is 4.